The van der Waals surface area contributed by atoms with Gasteiger partial charge in [-0.15, -0.1) is 0 Å². The van der Waals surface area contributed by atoms with Gasteiger partial charge in [0.2, 0.25) is 15.9 Å². The number of carbonyl (C=O) groups excluding carboxylic acids is 1. The highest BCUT2D eigenvalue weighted by atomic mass is 32.2. The predicted molar refractivity (Wildman–Crippen MR) is 115 cm³/mol. The molecule has 1 saturated heterocycles. The van der Waals surface area contributed by atoms with Crippen molar-refractivity contribution in [3.05, 3.63) is 41.3 Å². The lowest BCUT2D eigenvalue weighted by Gasteiger charge is -2.25. The van der Waals surface area contributed by atoms with Gasteiger partial charge in [-0.2, -0.15) is 4.72 Å². The molecule has 0 spiro atoms. The second-order valence-electron chi connectivity index (χ2n) is 7.80. The third kappa shape index (κ3) is 5.63. The number of ether oxygens (including phenoxy) is 1. The number of aryl methyl sites for hydroxylation is 2. The van der Waals surface area contributed by atoms with Gasteiger partial charge in [0.25, 0.3) is 0 Å². The van der Waals surface area contributed by atoms with Crippen LogP contribution in [0.2, 0.25) is 0 Å². The summed E-state index contributed by atoms with van der Waals surface area (Å²) in [5.74, 6) is 0.791. The molecule has 1 N–H and O–H groups in total. The molecule has 9 nitrogen and oxygen atoms in total. The van der Waals surface area contributed by atoms with Crippen molar-refractivity contribution < 1.29 is 22.5 Å². The number of nitrogens with one attached hydrogen (secondary N) is 1. The Labute approximate surface area is 183 Å². The van der Waals surface area contributed by atoms with Crippen LogP contribution in [-0.2, 0) is 21.4 Å². The highest BCUT2D eigenvalue weighted by Crippen LogP contribution is 2.19. The Bertz CT molecular complexity index is 984. The fourth-order valence-corrected chi connectivity index (χ4v) is 5.34. The van der Waals surface area contributed by atoms with Crippen molar-refractivity contribution in [1.82, 2.24) is 19.7 Å². The molecule has 0 unspecified atom stereocenters. The molecule has 10 heteroatoms. The summed E-state index contributed by atoms with van der Waals surface area (Å²) in [4.78, 5) is 17.0. The molecule has 31 heavy (non-hydrogen) atoms. The molecule has 0 bridgehead atoms. The lowest BCUT2D eigenvalue weighted by molar-refractivity contribution is -0.132. The molecule has 1 aromatic carbocycles. The van der Waals surface area contributed by atoms with Crippen LogP contribution in [0.4, 0.5) is 0 Å². The number of aromatic nitrogens is 1. The van der Waals surface area contributed by atoms with Crippen LogP contribution < -0.4 is 9.46 Å². The van der Waals surface area contributed by atoms with E-state index in [1.165, 1.54) is 12.5 Å². The van der Waals surface area contributed by atoms with E-state index in [4.69, 9.17) is 9.26 Å². The number of nitrogens with zero attached hydrogens (tertiary/aromatic N) is 3. The monoisotopic (exact) mass is 450 g/mol. The van der Waals surface area contributed by atoms with Gasteiger partial charge in [0.1, 0.15) is 16.3 Å². The van der Waals surface area contributed by atoms with Crippen molar-refractivity contribution >= 4 is 15.9 Å². The Morgan fingerprint density at radius 1 is 1.19 bits per heavy atom. The predicted octanol–water partition coefficient (Wildman–Crippen LogP) is 1.70. The average molecular weight is 451 g/mol. The topological polar surface area (TPSA) is 105 Å². The van der Waals surface area contributed by atoms with Crippen LogP contribution in [0.5, 0.6) is 5.75 Å². The molecule has 2 heterocycles. The molecule has 1 aromatic heterocycles. The number of sulfonamides is 1. The average Bonchev–Trinajstić information content (AvgIpc) is 2.93. The van der Waals surface area contributed by atoms with Crippen LogP contribution >= 0.6 is 0 Å². The van der Waals surface area contributed by atoms with E-state index in [1.807, 2.05) is 24.3 Å². The van der Waals surface area contributed by atoms with Crippen LogP contribution in [0, 0.1) is 13.8 Å². The molecule has 0 aliphatic carbocycles. The zero-order chi connectivity index (χ0) is 22.6. The number of rotatable bonds is 7. The van der Waals surface area contributed by atoms with Crippen LogP contribution in [0.25, 0.3) is 0 Å². The molecule has 0 saturated carbocycles. The lowest BCUT2D eigenvalue weighted by Crippen LogP contribution is -2.48. The second kappa shape index (κ2) is 9.80. The number of benzene rings is 1. The largest absolute Gasteiger partial charge is 0.497 e. The van der Waals surface area contributed by atoms with E-state index in [2.05, 4.69) is 14.8 Å². The first-order valence-corrected chi connectivity index (χ1v) is 11.8. The molecule has 1 fully saturated rings. The van der Waals surface area contributed by atoms with Gasteiger partial charge >= 0.3 is 0 Å². The molecule has 1 aliphatic rings. The third-order valence-electron chi connectivity index (χ3n) is 5.40. The van der Waals surface area contributed by atoms with Gasteiger partial charge in [-0.3, -0.25) is 9.69 Å². The van der Waals surface area contributed by atoms with Crippen molar-refractivity contribution in [3.8, 4) is 5.75 Å². The van der Waals surface area contributed by atoms with E-state index in [9.17, 15) is 13.2 Å². The van der Waals surface area contributed by atoms with Crippen molar-refractivity contribution in [2.24, 2.45) is 0 Å². The van der Waals surface area contributed by atoms with Gasteiger partial charge in [0.15, 0.2) is 5.76 Å². The minimum absolute atomic E-state index is 0.00585. The van der Waals surface area contributed by atoms with E-state index in [-0.39, 0.29) is 22.3 Å². The van der Waals surface area contributed by atoms with Gasteiger partial charge in [-0.1, -0.05) is 17.3 Å². The summed E-state index contributed by atoms with van der Waals surface area (Å²) in [7, 11) is -2.26. The first-order chi connectivity index (χ1) is 14.7. The quantitative estimate of drug-likeness (QED) is 0.684. The molecule has 1 amide bonds. The van der Waals surface area contributed by atoms with E-state index >= 15 is 0 Å². The summed E-state index contributed by atoms with van der Waals surface area (Å²) >= 11 is 0. The van der Waals surface area contributed by atoms with Gasteiger partial charge in [0.05, 0.1) is 13.2 Å². The lowest BCUT2D eigenvalue weighted by atomic mass is 10.2. The number of methoxy groups -OCH3 is 1. The molecule has 3 rings (SSSR count). The zero-order valence-corrected chi connectivity index (χ0v) is 19.2. The smallest absolute Gasteiger partial charge is 0.246 e. The third-order valence-corrected chi connectivity index (χ3v) is 7.19. The number of amides is 1. The second-order valence-corrected chi connectivity index (χ2v) is 9.45. The Morgan fingerprint density at radius 2 is 1.90 bits per heavy atom. The van der Waals surface area contributed by atoms with Gasteiger partial charge in [0, 0.05) is 32.7 Å². The molecular formula is C21H30N4O5S. The summed E-state index contributed by atoms with van der Waals surface area (Å²) < 4.78 is 38.0. The fraction of sp³-hybridized carbons (Fsp3) is 0.524. The zero-order valence-electron chi connectivity index (χ0n) is 18.4. The first kappa shape index (κ1) is 23.2. The van der Waals surface area contributed by atoms with E-state index in [1.54, 1.807) is 25.9 Å². The fourth-order valence-electron chi connectivity index (χ4n) is 3.81. The Morgan fingerprint density at radius 3 is 2.52 bits per heavy atom. The van der Waals surface area contributed by atoms with Crippen molar-refractivity contribution in [1.29, 1.82) is 0 Å². The summed E-state index contributed by atoms with van der Waals surface area (Å²) in [6.45, 7) is 8.19. The van der Waals surface area contributed by atoms with Crippen molar-refractivity contribution in [2.75, 3.05) is 33.3 Å². The van der Waals surface area contributed by atoms with Crippen molar-refractivity contribution in [3.63, 3.8) is 0 Å². The molecule has 1 atom stereocenters. The molecule has 2 aromatic rings. The van der Waals surface area contributed by atoms with E-state index in [0.717, 1.165) is 31.8 Å². The Hall–Kier alpha value is -2.43. The Balaban J connectivity index is 1.58. The molecule has 1 aliphatic heterocycles. The molecule has 0 radical (unpaired) electrons. The summed E-state index contributed by atoms with van der Waals surface area (Å²) in [6, 6.07) is 7.08. The minimum Gasteiger partial charge on any atom is -0.497 e. The van der Waals surface area contributed by atoms with Gasteiger partial charge in [-0.05, 0) is 44.9 Å². The van der Waals surface area contributed by atoms with Crippen LogP contribution in [0.3, 0.4) is 0 Å². The minimum atomic E-state index is -3.90. The maximum absolute atomic E-state index is 12.9. The van der Waals surface area contributed by atoms with E-state index in [0.29, 0.717) is 13.1 Å². The van der Waals surface area contributed by atoms with Crippen molar-refractivity contribution in [2.45, 2.75) is 44.7 Å². The molecular weight excluding hydrogens is 420 g/mol. The van der Waals surface area contributed by atoms with E-state index < -0.39 is 16.1 Å². The number of hydrogen-bond donors (Lipinski definition) is 1. The highest BCUT2D eigenvalue weighted by Gasteiger charge is 2.30. The maximum atomic E-state index is 12.9. The SMILES string of the molecule is COc1ccc(CN2CCCN(C(=O)[C@H](C)NS(=O)(=O)c3c(C)noc3C)CC2)cc1. The maximum Gasteiger partial charge on any atom is 0.246 e. The van der Waals surface area contributed by atoms with Crippen LogP contribution in [0.1, 0.15) is 30.4 Å². The Kier molecular flexibility index (Phi) is 7.34. The van der Waals surface area contributed by atoms with Crippen LogP contribution in [0.15, 0.2) is 33.7 Å². The number of carbonyl (C=O) groups is 1. The summed E-state index contributed by atoms with van der Waals surface area (Å²) in [5, 5.41) is 3.69. The van der Waals surface area contributed by atoms with Gasteiger partial charge in [-0.25, -0.2) is 8.42 Å². The summed E-state index contributed by atoms with van der Waals surface area (Å²) in [5.41, 5.74) is 1.45. The highest BCUT2D eigenvalue weighted by molar-refractivity contribution is 7.89. The number of hydrogen-bond acceptors (Lipinski definition) is 7. The van der Waals surface area contributed by atoms with Gasteiger partial charge < -0.3 is 14.2 Å². The molecule has 170 valence electrons. The standard InChI is InChI=1S/C21H30N4O5S/c1-15-20(17(3)30-22-15)31(27,28)23-16(2)21(26)25-11-5-10-24(12-13-25)14-18-6-8-19(29-4)9-7-18/h6-9,16,23H,5,10-14H2,1-4H3/t16-/m0/s1. The first-order valence-electron chi connectivity index (χ1n) is 10.3. The summed E-state index contributed by atoms with van der Waals surface area (Å²) in [6.07, 6.45) is 0.825. The van der Waals surface area contributed by atoms with Crippen LogP contribution in [-0.4, -0.2) is 68.6 Å². The normalized spacial score (nSPS) is 16.7.